The molecule has 0 radical (unpaired) electrons. The predicted octanol–water partition coefficient (Wildman–Crippen LogP) is 4.39. The Morgan fingerprint density at radius 1 is 1.30 bits per heavy atom. The Morgan fingerprint density at radius 3 is 2.95 bits per heavy atom. The van der Waals surface area contributed by atoms with E-state index in [0.29, 0.717) is 5.69 Å². The van der Waals surface area contributed by atoms with Gasteiger partial charge in [0.15, 0.2) is 0 Å². The molecule has 6 heteroatoms. The summed E-state index contributed by atoms with van der Waals surface area (Å²) in [5.41, 5.74) is 11.2. The Labute approximate surface area is 128 Å². The summed E-state index contributed by atoms with van der Waals surface area (Å²) in [6, 6.07) is 9.75. The molecule has 3 aromatic rings. The highest BCUT2D eigenvalue weighted by atomic mass is 79.9. The third kappa shape index (κ3) is 2.44. The van der Waals surface area contributed by atoms with Gasteiger partial charge in [-0.15, -0.1) is 11.3 Å². The molecule has 0 saturated carbocycles. The number of nitrogens with two attached hydrogens (primary N) is 1. The lowest BCUT2D eigenvalue weighted by Crippen LogP contribution is -1.97. The first-order chi connectivity index (χ1) is 9.67. The van der Waals surface area contributed by atoms with E-state index in [4.69, 9.17) is 10.5 Å². The fraction of sp³-hybridized carbons (Fsp3) is 0.0714. The molecule has 0 aliphatic heterocycles. The highest BCUT2D eigenvalue weighted by molar-refractivity contribution is 9.10. The van der Waals surface area contributed by atoms with Crippen molar-refractivity contribution in [1.82, 2.24) is 4.98 Å². The van der Waals surface area contributed by atoms with Crippen LogP contribution in [0.1, 0.15) is 0 Å². The molecule has 0 aliphatic rings. The van der Waals surface area contributed by atoms with Crippen LogP contribution in [0.15, 0.2) is 40.3 Å². The normalized spacial score (nSPS) is 10.7. The molecule has 3 rings (SSSR count). The SMILES string of the molecule is COc1cc(Br)cc(Nc2ccc3scnc3c2N)c1. The number of methoxy groups -OCH3 is 1. The number of nitrogens with one attached hydrogen (secondary N) is 1. The molecule has 4 nitrogen and oxygen atoms in total. The van der Waals surface area contributed by atoms with E-state index in [9.17, 15) is 0 Å². The van der Waals surface area contributed by atoms with E-state index in [-0.39, 0.29) is 0 Å². The first-order valence-electron chi connectivity index (χ1n) is 5.90. The quantitative estimate of drug-likeness (QED) is 0.688. The molecule has 0 bridgehead atoms. The maximum atomic E-state index is 6.16. The number of benzene rings is 2. The number of ether oxygens (including phenoxy) is 1. The van der Waals surface area contributed by atoms with Gasteiger partial charge < -0.3 is 15.8 Å². The van der Waals surface area contributed by atoms with Gasteiger partial charge in [-0.1, -0.05) is 15.9 Å². The van der Waals surface area contributed by atoms with E-state index in [1.807, 2.05) is 30.3 Å². The van der Waals surface area contributed by atoms with Crippen molar-refractivity contribution in [3.63, 3.8) is 0 Å². The third-order valence-electron chi connectivity index (χ3n) is 2.93. The minimum absolute atomic E-state index is 0.655. The number of rotatable bonds is 3. The molecule has 0 aliphatic carbocycles. The average Bonchev–Trinajstić information content (AvgIpc) is 2.90. The lowest BCUT2D eigenvalue weighted by atomic mass is 10.2. The van der Waals surface area contributed by atoms with Crippen molar-refractivity contribution in [3.8, 4) is 5.75 Å². The summed E-state index contributed by atoms with van der Waals surface area (Å²) in [7, 11) is 1.64. The molecule has 102 valence electrons. The zero-order chi connectivity index (χ0) is 14.1. The van der Waals surface area contributed by atoms with Crippen molar-refractivity contribution in [3.05, 3.63) is 40.3 Å². The molecule has 0 amide bonds. The van der Waals surface area contributed by atoms with E-state index in [0.717, 1.165) is 31.8 Å². The molecule has 0 fully saturated rings. The second-order valence-electron chi connectivity index (χ2n) is 4.23. The Bertz CT molecular complexity index is 772. The van der Waals surface area contributed by atoms with Crippen LogP contribution in [-0.2, 0) is 0 Å². The molecule has 3 N–H and O–H groups in total. The van der Waals surface area contributed by atoms with Crippen LogP contribution in [0.5, 0.6) is 5.75 Å². The molecule has 0 saturated heterocycles. The zero-order valence-corrected chi connectivity index (χ0v) is 13.1. The number of halogens is 1. The van der Waals surface area contributed by atoms with E-state index in [1.54, 1.807) is 24.0 Å². The van der Waals surface area contributed by atoms with Crippen LogP contribution in [-0.4, -0.2) is 12.1 Å². The van der Waals surface area contributed by atoms with E-state index < -0.39 is 0 Å². The minimum atomic E-state index is 0.655. The lowest BCUT2D eigenvalue weighted by molar-refractivity contribution is 0.415. The molecule has 0 spiro atoms. The van der Waals surface area contributed by atoms with Gasteiger partial charge in [0, 0.05) is 16.2 Å². The number of thiazole rings is 1. The first-order valence-corrected chi connectivity index (χ1v) is 7.58. The summed E-state index contributed by atoms with van der Waals surface area (Å²) in [6.07, 6.45) is 0. The van der Waals surface area contributed by atoms with Crippen molar-refractivity contribution in [2.45, 2.75) is 0 Å². The van der Waals surface area contributed by atoms with Gasteiger partial charge in [-0.3, -0.25) is 0 Å². The molecule has 0 atom stereocenters. The fourth-order valence-electron chi connectivity index (χ4n) is 1.97. The standard InChI is InChI=1S/C14H12BrN3OS/c1-19-10-5-8(15)4-9(6-10)18-11-2-3-12-14(13(11)16)17-7-20-12/h2-7,18H,16H2,1H3. The number of aromatic nitrogens is 1. The Kier molecular flexibility index (Phi) is 3.50. The van der Waals surface area contributed by atoms with Gasteiger partial charge in [0.1, 0.15) is 11.3 Å². The monoisotopic (exact) mass is 349 g/mol. The number of anilines is 3. The van der Waals surface area contributed by atoms with Crippen LogP contribution in [0.25, 0.3) is 10.2 Å². The highest BCUT2D eigenvalue weighted by Gasteiger charge is 2.08. The van der Waals surface area contributed by atoms with Gasteiger partial charge in [0.2, 0.25) is 0 Å². The van der Waals surface area contributed by atoms with Crippen LogP contribution in [0.4, 0.5) is 17.1 Å². The van der Waals surface area contributed by atoms with Gasteiger partial charge in [0.25, 0.3) is 0 Å². The predicted molar refractivity (Wildman–Crippen MR) is 88.0 cm³/mol. The molecular weight excluding hydrogens is 338 g/mol. The fourth-order valence-corrected chi connectivity index (χ4v) is 3.13. The zero-order valence-electron chi connectivity index (χ0n) is 10.7. The number of fused-ring (bicyclic) bond motifs is 1. The van der Waals surface area contributed by atoms with Crippen LogP contribution < -0.4 is 15.8 Å². The minimum Gasteiger partial charge on any atom is -0.497 e. The van der Waals surface area contributed by atoms with Crippen LogP contribution in [0, 0.1) is 0 Å². The van der Waals surface area contributed by atoms with Crippen LogP contribution in [0.3, 0.4) is 0 Å². The second-order valence-corrected chi connectivity index (χ2v) is 6.03. The topological polar surface area (TPSA) is 60.2 Å². The summed E-state index contributed by atoms with van der Waals surface area (Å²) in [4.78, 5) is 4.29. The lowest BCUT2D eigenvalue weighted by Gasteiger charge is -2.11. The van der Waals surface area contributed by atoms with Gasteiger partial charge in [-0.25, -0.2) is 4.98 Å². The molecule has 20 heavy (non-hydrogen) atoms. The summed E-state index contributed by atoms with van der Waals surface area (Å²) in [5, 5.41) is 3.30. The summed E-state index contributed by atoms with van der Waals surface area (Å²) < 4.78 is 7.27. The van der Waals surface area contributed by atoms with Crippen LogP contribution in [0.2, 0.25) is 0 Å². The van der Waals surface area contributed by atoms with Crippen LogP contribution >= 0.6 is 27.3 Å². The number of nitrogens with zero attached hydrogens (tertiary/aromatic N) is 1. The van der Waals surface area contributed by atoms with Gasteiger partial charge in [0.05, 0.1) is 28.7 Å². The maximum absolute atomic E-state index is 6.16. The Morgan fingerprint density at radius 2 is 2.15 bits per heavy atom. The summed E-state index contributed by atoms with van der Waals surface area (Å²) >= 11 is 5.04. The van der Waals surface area contributed by atoms with Gasteiger partial charge >= 0.3 is 0 Å². The van der Waals surface area contributed by atoms with Crippen molar-refractivity contribution in [2.75, 3.05) is 18.2 Å². The number of hydrogen-bond acceptors (Lipinski definition) is 5. The van der Waals surface area contributed by atoms with Crippen molar-refractivity contribution >= 4 is 54.5 Å². The Hall–Kier alpha value is -1.79. The van der Waals surface area contributed by atoms with Crippen molar-refractivity contribution < 1.29 is 4.74 Å². The van der Waals surface area contributed by atoms with Gasteiger partial charge in [-0.05, 0) is 24.3 Å². The largest absolute Gasteiger partial charge is 0.497 e. The van der Waals surface area contributed by atoms with E-state index in [1.165, 1.54) is 0 Å². The molecule has 0 unspecified atom stereocenters. The second kappa shape index (κ2) is 5.30. The smallest absolute Gasteiger partial charge is 0.122 e. The summed E-state index contributed by atoms with van der Waals surface area (Å²) in [6.45, 7) is 0. The molecule has 1 heterocycles. The highest BCUT2D eigenvalue weighted by Crippen LogP contribution is 2.33. The Balaban J connectivity index is 2.00. The maximum Gasteiger partial charge on any atom is 0.122 e. The molecule has 1 aromatic heterocycles. The van der Waals surface area contributed by atoms with Crippen molar-refractivity contribution in [1.29, 1.82) is 0 Å². The molecular formula is C14H12BrN3OS. The van der Waals surface area contributed by atoms with Gasteiger partial charge in [-0.2, -0.15) is 0 Å². The van der Waals surface area contributed by atoms with E-state index >= 15 is 0 Å². The molecule has 2 aromatic carbocycles. The average molecular weight is 350 g/mol. The third-order valence-corrected chi connectivity index (χ3v) is 4.18. The number of hydrogen-bond donors (Lipinski definition) is 2. The first kappa shape index (κ1) is 13.2. The summed E-state index contributed by atoms with van der Waals surface area (Å²) in [5.74, 6) is 0.773. The van der Waals surface area contributed by atoms with E-state index in [2.05, 4.69) is 26.2 Å². The van der Waals surface area contributed by atoms with Crippen molar-refractivity contribution in [2.24, 2.45) is 0 Å². The number of nitrogen functional groups attached to an aromatic ring is 1.